The maximum atomic E-state index is 11.2. The number of ketones is 1. The summed E-state index contributed by atoms with van der Waals surface area (Å²) in [6.45, 7) is 6.08. The van der Waals surface area contributed by atoms with Gasteiger partial charge < -0.3 is 0 Å². The molecule has 1 atom stereocenters. The Morgan fingerprint density at radius 1 is 1.58 bits per heavy atom. The van der Waals surface area contributed by atoms with Crippen LogP contribution in [0.3, 0.4) is 0 Å². The predicted molar refractivity (Wildman–Crippen MR) is 60.8 cm³/mol. The van der Waals surface area contributed by atoms with Crippen molar-refractivity contribution < 1.29 is 4.79 Å². The number of rotatable bonds is 5. The summed E-state index contributed by atoms with van der Waals surface area (Å²) in [6, 6.07) is 1.03. The van der Waals surface area contributed by atoms with E-state index >= 15 is 0 Å². The van der Waals surface area contributed by atoms with E-state index in [4.69, 9.17) is 11.1 Å². The molecule has 0 bridgehead atoms. The molecule has 0 aliphatic rings. The smallest absolute Gasteiger partial charge is 0.150 e. The van der Waals surface area contributed by atoms with Crippen molar-refractivity contribution in [2.45, 2.75) is 43.7 Å². The van der Waals surface area contributed by atoms with Crippen molar-refractivity contribution >= 4 is 40.2 Å². The topological polar surface area (TPSA) is 17.1 Å². The van der Waals surface area contributed by atoms with Crippen LogP contribution in [0.15, 0.2) is 0 Å². The summed E-state index contributed by atoms with van der Waals surface area (Å²) >= 11 is 9.36. The first-order chi connectivity index (χ1) is 5.33. The molecule has 72 valence electrons. The molecule has 0 radical (unpaired) electrons. The van der Waals surface area contributed by atoms with Crippen molar-refractivity contribution in [3.8, 4) is 0 Å². The quantitative estimate of drug-likeness (QED) is 0.424. The highest BCUT2D eigenvalue weighted by atomic mass is 79.9. The van der Waals surface area contributed by atoms with Gasteiger partial charge in [-0.1, -0.05) is 29.0 Å². The highest BCUT2D eigenvalue weighted by Gasteiger charge is 2.17. The number of alkyl halides is 1. The minimum atomic E-state index is -1.45. The van der Waals surface area contributed by atoms with Crippen LogP contribution >= 0.6 is 27.0 Å². The summed E-state index contributed by atoms with van der Waals surface area (Å²) in [5.74, 6) is 0.282. The summed E-state index contributed by atoms with van der Waals surface area (Å²) in [4.78, 5) is 11.2. The van der Waals surface area contributed by atoms with Crippen LogP contribution in [0, 0.1) is 0 Å². The van der Waals surface area contributed by atoms with Crippen molar-refractivity contribution in [2.75, 3.05) is 0 Å². The Morgan fingerprint density at radius 3 is 2.42 bits per heavy atom. The highest BCUT2D eigenvalue weighted by Crippen LogP contribution is 2.18. The molecule has 0 heterocycles. The van der Waals surface area contributed by atoms with Crippen LogP contribution in [0.4, 0.5) is 0 Å². The fourth-order valence-corrected chi connectivity index (χ4v) is 2.53. The molecule has 0 amide bonds. The lowest BCUT2D eigenvalue weighted by atomic mass is 10.2. The molecule has 0 aliphatic carbocycles. The lowest BCUT2D eigenvalue weighted by Crippen LogP contribution is -2.17. The van der Waals surface area contributed by atoms with Crippen LogP contribution in [-0.4, -0.2) is 18.0 Å². The van der Waals surface area contributed by atoms with E-state index in [1.54, 1.807) is 0 Å². The Bertz CT molecular complexity index is 154. The maximum Gasteiger partial charge on any atom is 0.150 e. The largest absolute Gasteiger partial charge is 0.298 e. The van der Waals surface area contributed by atoms with Crippen LogP contribution in [0.2, 0.25) is 19.1 Å². The second-order valence-electron chi connectivity index (χ2n) is 3.65. The van der Waals surface area contributed by atoms with E-state index in [2.05, 4.69) is 29.0 Å². The zero-order valence-corrected chi connectivity index (χ0v) is 11.2. The van der Waals surface area contributed by atoms with E-state index < -0.39 is 7.38 Å². The van der Waals surface area contributed by atoms with E-state index in [9.17, 15) is 4.79 Å². The number of carbonyl (C=O) groups is 1. The van der Waals surface area contributed by atoms with E-state index in [1.165, 1.54) is 0 Å². The Morgan fingerprint density at radius 2 is 2.08 bits per heavy atom. The average Bonchev–Trinajstić information content (AvgIpc) is 1.84. The monoisotopic (exact) mass is 270 g/mol. The van der Waals surface area contributed by atoms with Crippen molar-refractivity contribution in [1.29, 1.82) is 0 Å². The first-order valence-electron chi connectivity index (χ1n) is 4.18. The van der Waals surface area contributed by atoms with Gasteiger partial charge in [0.1, 0.15) is 5.78 Å². The Labute approximate surface area is 88.7 Å². The lowest BCUT2D eigenvalue weighted by molar-refractivity contribution is -0.118. The van der Waals surface area contributed by atoms with Crippen LogP contribution in [-0.2, 0) is 4.79 Å². The molecular weight excluding hydrogens is 256 g/mol. The standard InChI is InChI=1S/C8H16BrClOSi/c1-7(9)8(11)5-4-6-12(2,3)10/h7H,4-6H2,1-3H3. The van der Waals surface area contributed by atoms with E-state index in [1.807, 2.05) is 6.92 Å². The molecule has 12 heavy (non-hydrogen) atoms. The van der Waals surface area contributed by atoms with Gasteiger partial charge in [-0.3, -0.25) is 4.79 Å². The molecule has 0 rings (SSSR count). The Kier molecular flexibility index (Phi) is 5.70. The normalized spacial score (nSPS) is 14.4. The second-order valence-corrected chi connectivity index (χ2v) is 12.0. The minimum absolute atomic E-state index is 0.00222. The van der Waals surface area contributed by atoms with Crippen molar-refractivity contribution in [1.82, 2.24) is 0 Å². The summed E-state index contributed by atoms with van der Waals surface area (Å²) in [7, 11) is -1.45. The highest BCUT2D eigenvalue weighted by molar-refractivity contribution is 9.10. The van der Waals surface area contributed by atoms with Gasteiger partial charge in [0.2, 0.25) is 0 Å². The molecule has 0 aromatic rings. The van der Waals surface area contributed by atoms with Gasteiger partial charge in [0.25, 0.3) is 0 Å². The van der Waals surface area contributed by atoms with Gasteiger partial charge >= 0.3 is 0 Å². The summed E-state index contributed by atoms with van der Waals surface area (Å²) in [6.07, 6.45) is 1.60. The molecule has 0 fully saturated rings. The van der Waals surface area contributed by atoms with Crippen LogP contribution in [0.5, 0.6) is 0 Å². The first-order valence-corrected chi connectivity index (χ1v) is 9.32. The Balaban J connectivity index is 3.51. The molecular formula is C8H16BrClOSi. The van der Waals surface area contributed by atoms with Gasteiger partial charge in [-0.15, -0.1) is 0 Å². The van der Waals surface area contributed by atoms with Crippen LogP contribution < -0.4 is 0 Å². The van der Waals surface area contributed by atoms with Gasteiger partial charge in [0.05, 0.1) is 4.83 Å². The maximum absolute atomic E-state index is 11.2. The second kappa shape index (κ2) is 5.40. The van der Waals surface area contributed by atoms with E-state index in [0.717, 1.165) is 12.5 Å². The SMILES string of the molecule is CC(Br)C(=O)CCC[Si](C)(C)Cl. The molecule has 0 aromatic heterocycles. The third kappa shape index (κ3) is 7.31. The van der Waals surface area contributed by atoms with Gasteiger partial charge in [-0.25, -0.2) is 0 Å². The van der Waals surface area contributed by atoms with Gasteiger partial charge in [0, 0.05) is 6.42 Å². The van der Waals surface area contributed by atoms with Gasteiger partial charge in [0.15, 0.2) is 7.38 Å². The molecule has 0 saturated heterocycles. The summed E-state index contributed by atoms with van der Waals surface area (Å²) in [5, 5.41) is 0. The number of carbonyl (C=O) groups excluding carboxylic acids is 1. The number of Topliss-reactive ketones (excluding diaryl/α,β-unsaturated/α-hetero) is 1. The Hall–Kier alpha value is 0.657. The van der Waals surface area contributed by atoms with E-state index in [0.29, 0.717) is 6.42 Å². The zero-order chi connectivity index (χ0) is 9.78. The molecule has 0 aliphatic heterocycles. The molecule has 1 unspecified atom stereocenters. The fraction of sp³-hybridized carbons (Fsp3) is 0.875. The van der Waals surface area contributed by atoms with Crippen LogP contribution in [0.25, 0.3) is 0 Å². The summed E-state index contributed by atoms with van der Waals surface area (Å²) < 4.78 is 0. The van der Waals surface area contributed by atoms with Crippen molar-refractivity contribution in [3.63, 3.8) is 0 Å². The third-order valence-electron chi connectivity index (χ3n) is 1.64. The van der Waals surface area contributed by atoms with Crippen molar-refractivity contribution in [2.24, 2.45) is 0 Å². The van der Waals surface area contributed by atoms with Gasteiger partial charge in [-0.05, 0) is 19.4 Å². The number of hydrogen-bond acceptors (Lipinski definition) is 1. The van der Waals surface area contributed by atoms with Gasteiger partial charge in [-0.2, -0.15) is 11.1 Å². The third-order valence-corrected chi connectivity index (χ3v) is 4.26. The number of halogens is 2. The minimum Gasteiger partial charge on any atom is -0.298 e. The fourth-order valence-electron chi connectivity index (χ4n) is 0.882. The zero-order valence-electron chi connectivity index (χ0n) is 7.86. The molecule has 0 N–H and O–H groups in total. The van der Waals surface area contributed by atoms with E-state index in [-0.39, 0.29) is 10.6 Å². The molecule has 0 aromatic carbocycles. The average molecular weight is 272 g/mol. The number of hydrogen-bond donors (Lipinski definition) is 0. The molecule has 0 saturated carbocycles. The predicted octanol–water partition coefficient (Wildman–Crippen LogP) is 3.56. The summed E-state index contributed by atoms with van der Waals surface area (Å²) in [5.41, 5.74) is 0. The molecule has 1 nitrogen and oxygen atoms in total. The molecule has 4 heteroatoms. The first kappa shape index (κ1) is 12.7. The van der Waals surface area contributed by atoms with Crippen molar-refractivity contribution in [3.05, 3.63) is 0 Å². The lowest BCUT2D eigenvalue weighted by Gasteiger charge is -2.11. The van der Waals surface area contributed by atoms with Crippen LogP contribution in [0.1, 0.15) is 19.8 Å². The molecule has 0 spiro atoms.